The first-order chi connectivity index (χ1) is 7.84. The Labute approximate surface area is 108 Å². The SMILES string of the molecule is CC(Sc1ccccc1)[Se]c1ccccc1. The Morgan fingerprint density at radius 1 is 0.875 bits per heavy atom. The van der Waals surface area contributed by atoms with E-state index in [0.717, 1.165) is 0 Å². The Morgan fingerprint density at radius 3 is 2.06 bits per heavy atom. The van der Waals surface area contributed by atoms with Gasteiger partial charge < -0.3 is 0 Å². The Hall–Kier alpha value is -0.691. The second-order valence-electron chi connectivity index (χ2n) is 3.43. The van der Waals surface area contributed by atoms with Gasteiger partial charge in [0.2, 0.25) is 0 Å². The summed E-state index contributed by atoms with van der Waals surface area (Å²) < 4.78 is 2.16. The summed E-state index contributed by atoms with van der Waals surface area (Å²) in [6, 6.07) is 21.4. The quantitative estimate of drug-likeness (QED) is 0.616. The molecule has 2 aromatic rings. The van der Waals surface area contributed by atoms with Crippen molar-refractivity contribution in [3.63, 3.8) is 0 Å². The van der Waals surface area contributed by atoms with E-state index in [0.29, 0.717) is 19.1 Å². The van der Waals surface area contributed by atoms with E-state index in [2.05, 4.69) is 67.6 Å². The average molecular weight is 293 g/mol. The van der Waals surface area contributed by atoms with Gasteiger partial charge in [-0.1, -0.05) is 0 Å². The molecule has 1 unspecified atom stereocenters. The summed E-state index contributed by atoms with van der Waals surface area (Å²) in [4.78, 5) is 1.37. The molecule has 0 aliphatic heterocycles. The summed E-state index contributed by atoms with van der Waals surface area (Å²) in [5.41, 5.74) is 0. The van der Waals surface area contributed by atoms with Crippen molar-refractivity contribution in [2.45, 2.75) is 16.0 Å². The molecule has 2 aromatic carbocycles. The Balaban J connectivity index is 1.92. The fraction of sp³-hybridized carbons (Fsp3) is 0.143. The van der Waals surface area contributed by atoms with Crippen LogP contribution in [0.4, 0.5) is 0 Å². The van der Waals surface area contributed by atoms with Gasteiger partial charge in [-0.3, -0.25) is 0 Å². The molecule has 82 valence electrons. The standard InChI is InChI=1S/C14H14SSe/c1-12(15-13-8-4-2-5-9-13)16-14-10-6-3-7-11-14/h2-12H,1H3. The van der Waals surface area contributed by atoms with Crippen LogP contribution in [0.25, 0.3) is 0 Å². The summed E-state index contributed by atoms with van der Waals surface area (Å²) in [6.07, 6.45) is 0. The van der Waals surface area contributed by atoms with E-state index in [1.807, 2.05) is 11.8 Å². The molecule has 0 fully saturated rings. The molecule has 1 atom stereocenters. The zero-order valence-electron chi connectivity index (χ0n) is 9.17. The fourth-order valence-electron chi connectivity index (χ4n) is 1.41. The van der Waals surface area contributed by atoms with E-state index >= 15 is 0 Å². The van der Waals surface area contributed by atoms with Crippen molar-refractivity contribution in [3.8, 4) is 0 Å². The summed E-state index contributed by atoms with van der Waals surface area (Å²) in [7, 11) is 0. The number of thioether (sulfide) groups is 1. The molecule has 2 rings (SSSR count). The molecule has 0 radical (unpaired) electrons. The minimum atomic E-state index is 0.543. The maximum atomic E-state index is 2.31. The van der Waals surface area contributed by atoms with E-state index in [9.17, 15) is 0 Å². The molecule has 0 bridgehead atoms. The molecule has 2 heteroatoms. The molecule has 0 spiro atoms. The summed E-state index contributed by atoms with van der Waals surface area (Å²) in [6.45, 7) is 2.31. The van der Waals surface area contributed by atoms with Crippen LogP contribution in [-0.4, -0.2) is 19.1 Å². The van der Waals surface area contributed by atoms with Crippen LogP contribution in [-0.2, 0) is 0 Å². The van der Waals surface area contributed by atoms with Crippen molar-refractivity contribution in [3.05, 3.63) is 60.7 Å². The number of benzene rings is 2. The minimum absolute atomic E-state index is 0.543. The normalized spacial score (nSPS) is 12.3. The third-order valence-corrected chi connectivity index (χ3v) is 5.91. The fourth-order valence-corrected chi connectivity index (χ4v) is 5.19. The predicted molar refractivity (Wildman–Crippen MR) is 73.6 cm³/mol. The molecule has 0 heterocycles. The van der Waals surface area contributed by atoms with Crippen molar-refractivity contribution in [1.82, 2.24) is 0 Å². The van der Waals surface area contributed by atoms with Crippen LogP contribution in [0.2, 0.25) is 0 Å². The van der Waals surface area contributed by atoms with E-state index < -0.39 is 0 Å². The summed E-state index contributed by atoms with van der Waals surface area (Å²) in [5.74, 6) is 0. The third-order valence-electron chi connectivity index (χ3n) is 2.09. The van der Waals surface area contributed by atoms with E-state index in [1.54, 1.807) is 0 Å². The van der Waals surface area contributed by atoms with Gasteiger partial charge in [0.1, 0.15) is 0 Å². The number of hydrogen-bond acceptors (Lipinski definition) is 1. The monoisotopic (exact) mass is 294 g/mol. The molecule has 0 aliphatic rings. The zero-order chi connectivity index (χ0) is 11.2. The van der Waals surface area contributed by atoms with Gasteiger partial charge >= 0.3 is 108 Å². The molecule has 0 saturated heterocycles. The van der Waals surface area contributed by atoms with Crippen molar-refractivity contribution in [2.75, 3.05) is 0 Å². The van der Waals surface area contributed by atoms with Gasteiger partial charge in [0.05, 0.1) is 0 Å². The van der Waals surface area contributed by atoms with E-state index in [1.165, 1.54) is 9.36 Å². The van der Waals surface area contributed by atoms with Crippen LogP contribution in [0.5, 0.6) is 0 Å². The van der Waals surface area contributed by atoms with Gasteiger partial charge in [0.25, 0.3) is 0 Å². The van der Waals surface area contributed by atoms with Gasteiger partial charge in [-0.15, -0.1) is 0 Å². The average Bonchev–Trinajstić information content (AvgIpc) is 2.31. The predicted octanol–water partition coefficient (Wildman–Crippen LogP) is 3.15. The van der Waals surface area contributed by atoms with Crippen LogP contribution in [0.1, 0.15) is 6.92 Å². The first-order valence-electron chi connectivity index (χ1n) is 5.28. The Kier molecular flexibility index (Phi) is 4.53. The molecule has 0 N–H and O–H groups in total. The first-order valence-corrected chi connectivity index (χ1v) is 8.00. The first kappa shape index (κ1) is 11.8. The summed E-state index contributed by atoms with van der Waals surface area (Å²) >= 11 is 2.51. The van der Waals surface area contributed by atoms with Gasteiger partial charge in [0, 0.05) is 0 Å². The molecular formula is C14H14SSe. The van der Waals surface area contributed by atoms with Crippen LogP contribution < -0.4 is 4.46 Å². The van der Waals surface area contributed by atoms with E-state index in [4.69, 9.17) is 0 Å². The molecule has 16 heavy (non-hydrogen) atoms. The van der Waals surface area contributed by atoms with Crippen molar-refractivity contribution >= 4 is 31.2 Å². The van der Waals surface area contributed by atoms with E-state index in [-0.39, 0.29) is 0 Å². The molecule has 0 aromatic heterocycles. The molecule has 0 saturated carbocycles. The van der Waals surface area contributed by atoms with Crippen molar-refractivity contribution in [1.29, 1.82) is 0 Å². The van der Waals surface area contributed by atoms with Gasteiger partial charge in [-0.25, -0.2) is 0 Å². The number of rotatable bonds is 4. The molecule has 0 aliphatic carbocycles. The zero-order valence-corrected chi connectivity index (χ0v) is 11.7. The maximum absolute atomic E-state index is 2.31. The molecule has 0 amide bonds. The number of hydrogen-bond donors (Lipinski definition) is 0. The van der Waals surface area contributed by atoms with Gasteiger partial charge in [-0.05, 0) is 0 Å². The molecular weight excluding hydrogens is 279 g/mol. The van der Waals surface area contributed by atoms with Crippen LogP contribution >= 0.6 is 11.8 Å². The van der Waals surface area contributed by atoms with Crippen LogP contribution in [0, 0.1) is 0 Å². The second-order valence-corrected chi connectivity index (χ2v) is 8.48. The Morgan fingerprint density at radius 2 is 1.44 bits per heavy atom. The van der Waals surface area contributed by atoms with Gasteiger partial charge in [0.15, 0.2) is 0 Å². The van der Waals surface area contributed by atoms with Crippen molar-refractivity contribution < 1.29 is 0 Å². The second kappa shape index (κ2) is 6.15. The van der Waals surface area contributed by atoms with Crippen LogP contribution in [0.15, 0.2) is 65.6 Å². The summed E-state index contributed by atoms with van der Waals surface area (Å²) in [5, 5.41) is 0. The topological polar surface area (TPSA) is 0 Å². The third kappa shape index (κ3) is 3.71. The Bertz CT molecular complexity index is 372. The van der Waals surface area contributed by atoms with Crippen molar-refractivity contribution in [2.24, 2.45) is 0 Å². The molecule has 0 nitrogen and oxygen atoms in total. The van der Waals surface area contributed by atoms with Crippen LogP contribution in [0.3, 0.4) is 0 Å². The van der Waals surface area contributed by atoms with Gasteiger partial charge in [-0.2, -0.15) is 0 Å².